The number of nitrogens with one attached hydrogen (secondary N) is 1. The van der Waals surface area contributed by atoms with E-state index in [1.165, 1.54) is 25.3 Å². The molecule has 1 aliphatic heterocycles. The number of alkyl halides is 3. The van der Waals surface area contributed by atoms with E-state index in [1.807, 2.05) is 18.2 Å². The first-order chi connectivity index (χ1) is 21.4. The summed E-state index contributed by atoms with van der Waals surface area (Å²) in [6.45, 7) is 0.594. The molecule has 2 amide bonds. The van der Waals surface area contributed by atoms with Gasteiger partial charge in [-0.05, 0) is 68.4 Å². The number of anilines is 1. The number of fused-ring (bicyclic) bond motifs is 1. The molecule has 2 fully saturated rings. The quantitative estimate of drug-likeness (QED) is 0.215. The molecule has 6 rings (SSSR count). The molecule has 12 heteroatoms. The first-order valence-corrected chi connectivity index (χ1v) is 14.8. The van der Waals surface area contributed by atoms with Crippen molar-refractivity contribution in [3.8, 4) is 22.8 Å². The summed E-state index contributed by atoms with van der Waals surface area (Å²) in [4.78, 5) is 34.7. The maximum Gasteiger partial charge on any atom is 0.398 e. The summed E-state index contributed by atoms with van der Waals surface area (Å²) in [6, 6.07) is 11.7. The number of carbonyl (C=O) groups is 2. The second kappa shape index (κ2) is 11.4. The number of nitrogen functional groups attached to an aromatic ring is 1. The van der Waals surface area contributed by atoms with Crippen LogP contribution in [0.2, 0.25) is 0 Å². The van der Waals surface area contributed by atoms with Crippen molar-refractivity contribution in [2.24, 2.45) is 10.7 Å². The van der Waals surface area contributed by atoms with Crippen molar-refractivity contribution in [3.05, 3.63) is 70.4 Å². The monoisotopic (exact) mass is 621 g/mol. The van der Waals surface area contributed by atoms with Gasteiger partial charge < -0.3 is 26.3 Å². The standard InChI is InChI=1S/C33H34F3N5O4/c1-32(31(38)43)16-45-29-23(32)13-25(41-28(29)19-5-3-4-18(10-19)17-6-7-17)24(33(34,35)36)15-40-30(42)20-11-21(14-39-22-8-9-22)27(37)26(12-20)44-2/h3-5,10-14,17,22,24H,6-9,15-16,37H2,1-2H3,(H2,38,43)(H,40,42)/t24?,32-/m0/s1. The Morgan fingerprint density at radius 3 is 2.60 bits per heavy atom. The van der Waals surface area contributed by atoms with Gasteiger partial charge in [0.1, 0.15) is 35.1 Å². The van der Waals surface area contributed by atoms with Gasteiger partial charge in [-0.3, -0.25) is 14.6 Å². The van der Waals surface area contributed by atoms with Crippen molar-refractivity contribution in [2.75, 3.05) is 26.0 Å². The van der Waals surface area contributed by atoms with Crippen LogP contribution in [0.25, 0.3) is 11.3 Å². The lowest BCUT2D eigenvalue weighted by Crippen LogP contribution is -2.40. The largest absolute Gasteiger partial charge is 0.495 e. The van der Waals surface area contributed by atoms with E-state index in [1.54, 1.807) is 19.2 Å². The number of aliphatic imine (C=N–C) groups is 1. The van der Waals surface area contributed by atoms with Crippen molar-refractivity contribution in [1.82, 2.24) is 10.3 Å². The highest BCUT2D eigenvalue weighted by atomic mass is 19.4. The van der Waals surface area contributed by atoms with E-state index in [0.717, 1.165) is 31.2 Å². The van der Waals surface area contributed by atoms with E-state index >= 15 is 0 Å². The van der Waals surface area contributed by atoms with Crippen LogP contribution < -0.4 is 26.3 Å². The fourth-order valence-electron chi connectivity index (χ4n) is 5.49. The molecule has 45 heavy (non-hydrogen) atoms. The third kappa shape index (κ3) is 6.05. The summed E-state index contributed by atoms with van der Waals surface area (Å²) in [6.07, 6.45) is 0.747. The molecule has 2 aromatic carbocycles. The SMILES string of the molecule is COc1cc(C(=O)NCC(c2cc3c(c(-c4cccc(C5CC5)c4)n2)OC[C@]3(C)C(N)=O)C(F)(F)F)cc(C=NC2CC2)c1N. The molecule has 0 spiro atoms. The molecule has 3 aromatic rings. The van der Waals surface area contributed by atoms with Crippen molar-refractivity contribution in [1.29, 1.82) is 0 Å². The van der Waals surface area contributed by atoms with Gasteiger partial charge in [-0.2, -0.15) is 13.2 Å². The summed E-state index contributed by atoms with van der Waals surface area (Å²) in [7, 11) is 1.38. The number of benzene rings is 2. The molecule has 0 saturated heterocycles. The summed E-state index contributed by atoms with van der Waals surface area (Å²) in [5, 5.41) is 2.42. The van der Waals surface area contributed by atoms with Crippen LogP contribution in [0.3, 0.4) is 0 Å². The molecule has 2 heterocycles. The zero-order chi connectivity index (χ0) is 32.1. The van der Waals surface area contributed by atoms with E-state index < -0.39 is 35.9 Å². The Labute approximate surface area is 258 Å². The molecule has 5 N–H and O–H groups in total. The smallest absolute Gasteiger partial charge is 0.398 e. The fraction of sp³-hybridized carbons (Fsp3) is 0.394. The average molecular weight is 622 g/mol. The number of rotatable bonds is 10. The minimum absolute atomic E-state index is 0.0633. The van der Waals surface area contributed by atoms with Gasteiger partial charge in [0.05, 0.1) is 24.5 Å². The lowest BCUT2D eigenvalue weighted by Gasteiger charge is -2.24. The van der Waals surface area contributed by atoms with Crippen molar-refractivity contribution >= 4 is 23.7 Å². The summed E-state index contributed by atoms with van der Waals surface area (Å²) < 4.78 is 55.4. The normalized spacial score (nSPS) is 20.0. The van der Waals surface area contributed by atoms with E-state index in [9.17, 15) is 22.8 Å². The Kier molecular flexibility index (Phi) is 7.70. The molecular weight excluding hydrogens is 587 g/mol. The van der Waals surface area contributed by atoms with Crippen LogP contribution in [-0.4, -0.2) is 55.5 Å². The molecular formula is C33H34F3N5O4. The van der Waals surface area contributed by atoms with Gasteiger partial charge in [-0.25, -0.2) is 4.98 Å². The topological polar surface area (TPSA) is 142 Å². The lowest BCUT2D eigenvalue weighted by molar-refractivity contribution is -0.149. The third-order valence-electron chi connectivity index (χ3n) is 8.69. The maximum absolute atomic E-state index is 14.7. The number of amides is 2. The molecule has 2 saturated carbocycles. The number of pyridine rings is 1. The minimum Gasteiger partial charge on any atom is -0.495 e. The second-order valence-electron chi connectivity index (χ2n) is 12.2. The summed E-state index contributed by atoms with van der Waals surface area (Å²) >= 11 is 0. The summed E-state index contributed by atoms with van der Waals surface area (Å²) in [5.74, 6) is -2.87. The van der Waals surface area contributed by atoms with E-state index in [0.29, 0.717) is 17.0 Å². The van der Waals surface area contributed by atoms with Gasteiger partial charge in [0, 0.05) is 35.0 Å². The van der Waals surface area contributed by atoms with Gasteiger partial charge in [0.25, 0.3) is 5.91 Å². The molecule has 0 bridgehead atoms. The molecule has 3 aliphatic rings. The number of aromatic nitrogens is 1. The van der Waals surface area contributed by atoms with Crippen molar-refractivity contribution in [2.45, 2.75) is 62.1 Å². The number of hydrogen-bond donors (Lipinski definition) is 3. The average Bonchev–Trinajstić information content (AvgIpc) is 3.94. The van der Waals surface area contributed by atoms with E-state index in [2.05, 4.69) is 15.3 Å². The van der Waals surface area contributed by atoms with E-state index in [-0.39, 0.29) is 52.3 Å². The summed E-state index contributed by atoms with van der Waals surface area (Å²) in [5.41, 5.74) is 13.0. The first kappa shape index (κ1) is 30.4. The Hall–Kier alpha value is -4.61. The number of primary amides is 1. The highest BCUT2D eigenvalue weighted by Crippen LogP contribution is 2.48. The van der Waals surface area contributed by atoms with Crippen LogP contribution in [0.15, 0.2) is 47.5 Å². The zero-order valence-corrected chi connectivity index (χ0v) is 24.9. The zero-order valence-electron chi connectivity index (χ0n) is 24.9. The van der Waals surface area contributed by atoms with E-state index in [4.69, 9.17) is 20.9 Å². The second-order valence-corrected chi connectivity index (χ2v) is 12.2. The van der Waals surface area contributed by atoms with Gasteiger partial charge >= 0.3 is 6.18 Å². The predicted octanol–water partition coefficient (Wildman–Crippen LogP) is 5.01. The third-order valence-corrected chi connectivity index (χ3v) is 8.69. The highest BCUT2D eigenvalue weighted by molar-refractivity contribution is 5.99. The van der Waals surface area contributed by atoms with Gasteiger partial charge in [-0.1, -0.05) is 18.2 Å². The van der Waals surface area contributed by atoms with Crippen molar-refractivity contribution in [3.63, 3.8) is 0 Å². The number of hydrogen-bond acceptors (Lipinski definition) is 7. The number of nitrogens with two attached hydrogens (primary N) is 2. The number of nitrogens with zero attached hydrogens (tertiary/aromatic N) is 2. The van der Waals surface area contributed by atoms with Gasteiger partial charge in [0.15, 0.2) is 0 Å². The Bertz CT molecular complexity index is 1700. The predicted molar refractivity (Wildman–Crippen MR) is 163 cm³/mol. The van der Waals surface area contributed by atoms with Crippen LogP contribution in [0, 0.1) is 0 Å². The molecule has 1 aromatic heterocycles. The van der Waals surface area contributed by atoms with Crippen LogP contribution in [0.1, 0.15) is 77.2 Å². The molecule has 2 atom stereocenters. The van der Waals surface area contributed by atoms with Gasteiger partial charge in [-0.15, -0.1) is 0 Å². The number of ether oxygens (including phenoxy) is 2. The lowest BCUT2D eigenvalue weighted by atomic mass is 9.82. The minimum atomic E-state index is -4.80. The maximum atomic E-state index is 14.7. The Morgan fingerprint density at radius 1 is 1.20 bits per heavy atom. The van der Waals surface area contributed by atoms with Crippen LogP contribution in [0.4, 0.5) is 18.9 Å². The van der Waals surface area contributed by atoms with Gasteiger partial charge in [0.2, 0.25) is 5.91 Å². The molecule has 1 unspecified atom stereocenters. The number of methoxy groups -OCH3 is 1. The van der Waals surface area contributed by atoms with Crippen molar-refractivity contribution < 1.29 is 32.2 Å². The molecule has 236 valence electrons. The van der Waals surface area contributed by atoms with Crippen LogP contribution in [-0.2, 0) is 10.2 Å². The number of carbonyl (C=O) groups excluding carboxylic acids is 2. The van der Waals surface area contributed by atoms with Crippen LogP contribution >= 0.6 is 0 Å². The number of halogens is 3. The molecule has 9 nitrogen and oxygen atoms in total. The molecule has 2 aliphatic carbocycles. The van der Waals surface area contributed by atoms with Crippen LogP contribution in [0.5, 0.6) is 11.5 Å². The fourth-order valence-corrected chi connectivity index (χ4v) is 5.49. The molecule has 0 radical (unpaired) electrons. The Balaban J connectivity index is 1.36. The first-order valence-electron chi connectivity index (χ1n) is 14.8. The highest BCUT2D eigenvalue weighted by Gasteiger charge is 2.47. The Morgan fingerprint density at radius 2 is 1.96 bits per heavy atom.